The molecule has 10 heteroatoms. The van der Waals surface area contributed by atoms with Gasteiger partial charge in [-0.1, -0.05) is 6.07 Å². The first-order valence-electron chi connectivity index (χ1n) is 10.0. The second-order valence-electron chi connectivity index (χ2n) is 7.28. The fraction of sp³-hybridized carbons (Fsp3) is 0.333. The fourth-order valence-corrected chi connectivity index (χ4v) is 4.23. The lowest BCUT2D eigenvalue weighted by Crippen LogP contribution is -2.34. The van der Waals surface area contributed by atoms with E-state index >= 15 is 0 Å². The van der Waals surface area contributed by atoms with Crippen LogP contribution in [0.2, 0.25) is 0 Å². The zero-order valence-electron chi connectivity index (χ0n) is 16.9. The smallest absolute Gasteiger partial charge is 0.271 e. The second kappa shape index (κ2) is 10.1. The van der Waals surface area contributed by atoms with Gasteiger partial charge in [0.25, 0.3) is 5.91 Å². The number of aromatic nitrogens is 4. The summed E-state index contributed by atoms with van der Waals surface area (Å²) in [6, 6.07) is 9.91. The second-order valence-corrected chi connectivity index (χ2v) is 8.13. The molecule has 0 bridgehead atoms. The zero-order chi connectivity index (χ0) is 21.5. The molecule has 1 aliphatic rings. The number of piperidine rings is 1. The number of pyridine rings is 1. The Bertz CT molecular complexity index is 1060. The molecule has 0 radical (unpaired) electrons. The van der Waals surface area contributed by atoms with Crippen LogP contribution in [-0.2, 0) is 6.54 Å². The normalized spacial score (nSPS) is 16.4. The Morgan fingerprint density at radius 2 is 2.23 bits per heavy atom. The number of carbonyl (C=O) groups excluding carboxylic acids is 1. The van der Waals surface area contributed by atoms with E-state index < -0.39 is 0 Å². The summed E-state index contributed by atoms with van der Waals surface area (Å²) in [7, 11) is 0. The van der Waals surface area contributed by atoms with E-state index in [0.29, 0.717) is 35.7 Å². The summed E-state index contributed by atoms with van der Waals surface area (Å²) in [6.45, 7) is 2.63. The molecule has 0 aromatic carbocycles. The molecule has 158 valence electrons. The van der Waals surface area contributed by atoms with Crippen molar-refractivity contribution in [2.75, 3.05) is 25.0 Å². The third kappa shape index (κ3) is 5.59. The Labute approximate surface area is 184 Å². The number of rotatable bonds is 7. The number of anilines is 2. The summed E-state index contributed by atoms with van der Waals surface area (Å²) >= 11 is 1.35. The van der Waals surface area contributed by atoms with E-state index in [0.717, 1.165) is 37.2 Å². The van der Waals surface area contributed by atoms with E-state index in [2.05, 4.69) is 36.8 Å². The van der Waals surface area contributed by atoms with Crippen molar-refractivity contribution in [3.8, 4) is 6.07 Å². The first kappa shape index (κ1) is 20.8. The van der Waals surface area contributed by atoms with E-state index in [1.54, 1.807) is 23.8 Å². The van der Waals surface area contributed by atoms with E-state index in [9.17, 15) is 4.79 Å². The molecule has 1 amide bonds. The third-order valence-electron chi connectivity index (χ3n) is 5.06. The van der Waals surface area contributed by atoms with E-state index in [-0.39, 0.29) is 5.91 Å². The van der Waals surface area contributed by atoms with Crippen LogP contribution in [0, 0.1) is 11.3 Å². The monoisotopic (exact) mass is 434 g/mol. The number of nitrogens with one attached hydrogen (secondary N) is 2. The highest BCUT2D eigenvalue weighted by molar-refractivity contribution is 7.14. The van der Waals surface area contributed by atoms with Crippen LogP contribution in [0.15, 0.2) is 42.0 Å². The maximum atomic E-state index is 12.4. The molecule has 0 saturated carbocycles. The van der Waals surface area contributed by atoms with Crippen molar-refractivity contribution in [2.24, 2.45) is 0 Å². The number of thiazole rings is 1. The van der Waals surface area contributed by atoms with Gasteiger partial charge in [0.05, 0.1) is 18.8 Å². The van der Waals surface area contributed by atoms with Crippen LogP contribution in [-0.4, -0.2) is 50.6 Å². The molecule has 3 aromatic heterocycles. The fourth-order valence-electron chi connectivity index (χ4n) is 3.53. The average molecular weight is 435 g/mol. The van der Waals surface area contributed by atoms with Gasteiger partial charge >= 0.3 is 0 Å². The van der Waals surface area contributed by atoms with Crippen LogP contribution in [0.3, 0.4) is 0 Å². The molecular weight excluding hydrogens is 412 g/mol. The van der Waals surface area contributed by atoms with E-state index in [4.69, 9.17) is 10.2 Å². The average Bonchev–Trinajstić information content (AvgIpc) is 3.27. The molecule has 1 aliphatic heterocycles. The van der Waals surface area contributed by atoms with Gasteiger partial charge in [-0.15, -0.1) is 11.3 Å². The predicted octanol–water partition coefficient (Wildman–Crippen LogP) is 2.70. The minimum Gasteiger partial charge on any atom is -0.347 e. The molecule has 31 heavy (non-hydrogen) atoms. The summed E-state index contributed by atoms with van der Waals surface area (Å²) < 4.78 is 0. The molecule has 0 aliphatic carbocycles. The highest BCUT2D eigenvalue weighted by Gasteiger charge is 2.22. The highest BCUT2D eigenvalue weighted by Crippen LogP contribution is 2.27. The Balaban J connectivity index is 1.37. The SMILES string of the molecule is N#CCN1CCC[C@@H](c2cccc(Nc3nc(C(=O)NCc4ccnnc4)cs3)n2)C1. The van der Waals surface area contributed by atoms with Crippen LogP contribution in [0.1, 0.15) is 40.5 Å². The maximum absolute atomic E-state index is 12.4. The van der Waals surface area contributed by atoms with Gasteiger partial charge in [-0.05, 0) is 43.1 Å². The molecule has 4 rings (SSSR count). The van der Waals surface area contributed by atoms with Crippen LogP contribution >= 0.6 is 11.3 Å². The standard InChI is InChI=1S/C21H22N8OS/c22-7-10-29-9-2-3-16(13-29)17-4-1-5-19(26-17)28-21-27-18(14-31-21)20(30)23-11-15-6-8-24-25-12-15/h1,4-6,8,12,14,16H,2-3,9-11,13H2,(H,23,30)(H,26,27,28)/t16-/m1/s1. The predicted molar refractivity (Wildman–Crippen MR) is 117 cm³/mol. The number of likely N-dealkylation sites (tertiary alicyclic amines) is 1. The Morgan fingerprint density at radius 3 is 3.06 bits per heavy atom. The van der Waals surface area contributed by atoms with Crippen molar-refractivity contribution in [1.82, 2.24) is 30.4 Å². The van der Waals surface area contributed by atoms with Crippen molar-refractivity contribution in [3.63, 3.8) is 0 Å². The largest absolute Gasteiger partial charge is 0.347 e. The minimum absolute atomic E-state index is 0.248. The van der Waals surface area contributed by atoms with Gasteiger partial charge in [0.15, 0.2) is 5.13 Å². The summed E-state index contributed by atoms with van der Waals surface area (Å²) in [5, 5.41) is 24.8. The molecule has 1 saturated heterocycles. The van der Waals surface area contributed by atoms with E-state index in [1.807, 2.05) is 18.2 Å². The number of amides is 1. The van der Waals surface area contributed by atoms with Crippen LogP contribution in [0.4, 0.5) is 10.9 Å². The summed E-state index contributed by atoms with van der Waals surface area (Å²) in [6.07, 6.45) is 5.32. The van der Waals surface area contributed by atoms with Crippen LogP contribution in [0.5, 0.6) is 0 Å². The van der Waals surface area contributed by atoms with Gasteiger partial charge in [-0.25, -0.2) is 9.97 Å². The molecule has 0 unspecified atom stereocenters. The molecule has 2 N–H and O–H groups in total. The lowest BCUT2D eigenvalue weighted by atomic mass is 9.94. The summed E-state index contributed by atoms with van der Waals surface area (Å²) in [5.41, 5.74) is 2.23. The molecule has 1 atom stereocenters. The van der Waals surface area contributed by atoms with Crippen LogP contribution in [0.25, 0.3) is 0 Å². The van der Waals surface area contributed by atoms with Gasteiger partial charge in [0.2, 0.25) is 0 Å². The quantitative estimate of drug-likeness (QED) is 0.545. The lowest BCUT2D eigenvalue weighted by molar-refractivity contribution is 0.0946. The molecule has 0 spiro atoms. The van der Waals surface area contributed by atoms with Crippen molar-refractivity contribution < 1.29 is 4.79 Å². The Morgan fingerprint density at radius 1 is 1.29 bits per heavy atom. The van der Waals surface area contributed by atoms with Gasteiger partial charge in [0, 0.05) is 36.3 Å². The molecular formula is C21H22N8OS. The lowest BCUT2D eigenvalue weighted by Gasteiger charge is -2.30. The topological polar surface area (TPSA) is 120 Å². The summed E-state index contributed by atoms with van der Waals surface area (Å²) in [5.74, 6) is 0.755. The minimum atomic E-state index is -0.248. The number of hydrogen-bond donors (Lipinski definition) is 2. The third-order valence-corrected chi connectivity index (χ3v) is 5.82. The number of carbonyl (C=O) groups is 1. The zero-order valence-corrected chi connectivity index (χ0v) is 17.7. The highest BCUT2D eigenvalue weighted by atomic mass is 32.1. The maximum Gasteiger partial charge on any atom is 0.271 e. The Kier molecular flexibility index (Phi) is 6.76. The summed E-state index contributed by atoms with van der Waals surface area (Å²) in [4.78, 5) is 23.7. The van der Waals surface area contributed by atoms with E-state index in [1.165, 1.54) is 11.3 Å². The van der Waals surface area contributed by atoms with Gasteiger partial charge in [0.1, 0.15) is 11.5 Å². The molecule has 3 aromatic rings. The molecule has 1 fully saturated rings. The van der Waals surface area contributed by atoms with Crippen molar-refractivity contribution >= 4 is 28.2 Å². The van der Waals surface area contributed by atoms with Gasteiger partial charge < -0.3 is 10.6 Å². The van der Waals surface area contributed by atoms with Crippen molar-refractivity contribution in [3.05, 3.63) is 59.0 Å². The Hall–Kier alpha value is -3.42. The van der Waals surface area contributed by atoms with Crippen molar-refractivity contribution in [1.29, 1.82) is 5.26 Å². The van der Waals surface area contributed by atoms with Crippen molar-refractivity contribution in [2.45, 2.75) is 25.3 Å². The van der Waals surface area contributed by atoms with Gasteiger partial charge in [-0.3, -0.25) is 9.69 Å². The van der Waals surface area contributed by atoms with Gasteiger partial charge in [-0.2, -0.15) is 15.5 Å². The first-order chi connectivity index (χ1) is 15.2. The molecule has 9 nitrogen and oxygen atoms in total. The number of nitriles is 1. The first-order valence-corrected chi connectivity index (χ1v) is 10.9. The van der Waals surface area contributed by atoms with Crippen LogP contribution < -0.4 is 10.6 Å². The molecule has 4 heterocycles. The number of hydrogen-bond acceptors (Lipinski definition) is 9. The number of nitrogens with zero attached hydrogens (tertiary/aromatic N) is 6.